The molecule has 11 heavy (non-hydrogen) atoms. The van der Waals surface area contributed by atoms with Crippen molar-refractivity contribution in [1.29, 1.82) is 0 Å². The van der Waals surface area contributed by atoms with Crippen molar-refractivity contribution in [1.82, 2.24) is 14.8 Å². The van der Waals surface area contributed by atoms with Gasteiger partial charge in [-0.05, 0) is 0 Å². The van der Waals surface area contributed by atoms with Crippen molar-refractivity contribution >= 4 is 16.2 Å². The van der Waals surface area contributed by atoms with E-state index in [9.17, 15) is 8.42 Å². The molecule has 0 aliphatic carbocycles. The molecular formula is C4H6N4O2S. The van der Waals surface area contributed by atoms with Crippen LogP contribution in [0.15, 0.2) is 18.1 Å². The third-order valence-electron chi connectivity index (χ3n) is 0.968. The summed E-state index contributed by atoms with van der Waals surface area (Å²) in [6.07, 6.45) is 2.29. The third-order valence-corrected chi connectivity index (χ3v) is 1.77. The van der Waals surface area contributed by atoms with E-state index >= 15 is 0 Å². The lowest BCUT2D eigenvalue weighted by atomic mass is 11.0. The van der Waals surface area contributed by atoms with Crippen molar-refractivity contribution in [3.05, 3.63) is 12.9 Å². The molecule has 0 unspecified atom stereocenters. The van der Waals surface area contributed by atoms with E-state index in [4.69, 9.17) is 5.14 Å². The maximum Gasteiger partial charge on any atom is 0.273 e. The quantitative estimate of drug-likeness (QED) is 0.624. The average Bonchev–Trinajstić information content (AvgIpc) is 2.31. The summed E-state index contributed by atoms with van der Waals surface area (Å²) in [6, 6.07) is 0. The molecule has 2 N–H and O–H groups in total. The Bertz CT molecular complexity index is 365. The Kier molecular flexibility index (Phi) is 1.75. The van der Waals surface area contributed by atoms with Crippen LogP contribution in [0.3, 0.4) is 0 Å². The Labute approximate surface area is 63.4 Å². The van der Waals surface area contributed by atoms with E-state index < -0.39 is 10.0 Å². The van der Waals surface area contributed by atoms with Crippen LogP contribution >= 0.6 is 0 Å². The van der Waals surface area contributed by atoms with Crippen LogP contribution in [0.5, 0.6) is 0 Å². The second-order valence-corrected chi connectivity index (χ2v) is 3.17. The molecule has 0 radical (unpaired) electrons. The fourth-order valence-corrected chi connectivity index (χ4v) is 1.14. The van der Waals surface area contributed by atoms with Crippen molar-refractivity contribution < 1.29 is 8.42 Å². The van der Waals surface area contributed by atoms with E-state index in [1.54, 1.807) is 0 Å². The molecule has 6 nitrogen and oxygen atoms in total. The Morgan fingerprint density at radius 1 is 1.73 bits per heavy atom. The topological polar surface area (TPSA) is 90.9 Å². The highest BCUT2D eigenvalue weighted by Gasteiger charge is 2.14. The molecule has 1 rings (SSSR count). The van der Waals surface area contributed by atoms with Gasteiger partial charge in [0.2, 0.25) is 0 Å². The van der Waals surface area contributed by atoms with Crippen LogP contribution in [0.4, 0.5) is 0 Å². The minimum atomic E-state index is -3.78. The van der Waals surface area contributed by atoms with Gasteiger partial charge in [0, 0.05) is 6.20 Å². The minimum absolute atomic E-state index is 0.312. The number of hydrogen-bond donors (Lipinski definition) is 1. The predicted octanol–water partition coefficient (Wildman–Crippen LogP) is -0.974. The molecule has 0 saturated heterocycles. The molecule has 0 atom stereocenters. The number of primary sulfonamides is 1. The SMILES string of the molecule is C=Cn1ncnc1S(N)(=O)=O. The standard InChI is InChI=1S/C4H6N4O2S/c1-2-8-4(6-3-7-8)11(5,9)10/h2-3H,1H2,(H2,5,9,10). The van der Waals surface area contributed by atoms with Crippen LogP contribution in [0.1, 0.15) is 0 Å². The first kappa shape index (κ1) is 7.89. The first-order chi connectivity index (χ1) is 5.05. The molecule has 60 valence electrons. The molecule has 1 aromatic heterocycles. The third kappa shape index (κ3) is 1.44. The zero-order chi connectivity index (χ0) is 8.48. The molecule has 1 heterocycles. The molecule has 0 aromatic carbocycles. The number of nitrogens with two attached hydrogens (primary N) is 1. The second kappa shape index (κ2) is 2.44. The molecule has 0 amide bonds. The van der Waals surface area contributed by atoms with Gasteiger partial charge in [0.15, 0.2) is 0 Å². The molecule has 0 spiro atoms. The van der Waals surface area contributed by atoms with Crippen LogP contribution in [0.2, 0.25) is 0 Å². The summed E-state index contributed by atoms with van der Waals surface area (Å²) in [7, 11) is -3.78. The summed E-state index contributed by atoms with van der Waals surface area (Å²) >= 11 is 0. The van der Waals surface area contributed by atoms with Crippen molar-refractivity contribution in [3.63, 3.8) is 0 Å². The van der Waals surface area contributed by atoms with Gasteiger partial charge < -0.3 is 0 Å². The first-order valence-electron chi connectivity index (χ1n) is 2.60. The number of hydrogen-bond acceptors (Lipinski definition) is 4. The van der Waals surface area contributed by atoms with E-state index in [-0.39, 0.29) is 5.16 Å². The highest BCUT2D eigenvalue weighted by molar-refractivity contribution is 7.89. The molecule has 0 bridgehead atoms. The molecular weight excluding hydrogens is 168 g/mol. The van der Waals surface area contributed by atoms with E-state index in [0.29, 0.717) is 0 Å². The molecule has 7 heteroatoms. The highest BCUT2D eigenvalue weighted by Crippen LogP contribution is 1.99. The summed E-state index contributed by atoms with van der Waals surface area (Å²) in [6.45, 7) is 3.32. The van der Waals surface area contributed by atoms with Crippen LogP contribution in [0, 0.1) is 0 Å². The lowest BCUT2D eigenvalue weighted by Gasteiger charge is -1.94. The largest absolute Gasteiger partial charge is 0.273 e. The number of nitrogens with zero attached hydrogens (tertiary/aromatic N) is 3. The maximum absolute atomic E-state index is 10.7. The average molecular weight is 174 g/mol. The van der Waals surface area contributed by atoms with Crippen LogP contribution in [-0.2, 0) is 10.0 Å². The van der Waals surface area contributed by atoms with Gasteiger partial charge in [-0.25, -0.2) is 23.2 Å². The van der Waals surface area contributed by atoms with Gasteiger partial charge in [0.1, 0.15) is 6.33 Å². The zero-order valence-corrected chi connectivity index (χ0v) is 6.32. The van der Waals surface area contributed by atoms with Gasteiger partial charge >= 0.3 is 0 Å². The number of aromatic nitrogens is 3. The van der Waals surface area contributed by atoms with Gasteiger partial charge in [-0.2, -0.15) is 5.10 Å². The molecule has 0 aliphatic rings. The summed E-state index contributed by atoms with van der Waals surface area (Å²) in [4.78, 5) is 3.43. The van der Waals surface area contributed by atoms with Crippen molar-refractivity contribution in [2.24, 2.45) is 5.14 Å². The Hall–Kier alpha value is -1.21. The highest BCUT2D eigenvalue weighted by atomic mass is 32.2. The minimum Gasteiger partial charge on any atom is -0.222 e. The van der Waals surface area contributed by atoms with Crippen LogP contribution < -0.4 is 5.14 Å². The van der Waals surface area contributed by atoms with Crippen molar-refractivity contribution in [2.45, 2.75) is 5.16 Å². The van der Waals surface area contributed by atoms with Gasteiger partial charge in [0.25, 0.3) is 15.2 Å². The van der Waals surface area contributed by atoms with Crippen molar-refractivity contribution in [2.75, 3.05) is 0 Å². The molecule has 1 aromatic rings. The Balaban J connectivity index is 3.35. The second-order valence-electron chi connectivity index (χ2n) is 1.71. The van der Waals surface area contributed by atoms with E-state index in [1.807, 2.05) is 0 Å². The first-order valence-corrected chi connectivity index (χ1v) is 4.15. The fourth-order valence-electron chi connectivity index (χ4n) is 0.568. The Morgan fingerprint density at radius 3 is 2.73 bits per heavy atom. The van der Waals surface area contributed by atoms with Gasteiger partial charge in [-0.15, -0.1) is 0 Å². The van der Waals surface area contributed by atoms with Gasteiger partial charge in [-0.1, -0.05) is 6.58 Å². The lowest BCUT2D eigenvalue weighted by Crippen LogP contribution is -2.16. The smallest absolute Gasteiger partial charge is 0.222 e. The number of sulfonamides is 1. The monoisotopic (exact) mass is 174 g/mol. The van der Waals surface area contributed by atoms with Crippen molar-refractivity contribution in [3.8, 4) is 0 Å². The summed E-state index contributed by atoms with van der Waals surface area (Å²) in [5.41, 5.74) is 0. The molecule has 0 saturated carbocycles. The Morgan fingerprint density at radius 2 is 2.36 bits per heavy atom. The van der Waals surface area contributed by atoms with E-state index in [2.05, 4.69) is 16.7 Å². The van der Waals surface area contributed by atoms with E-state index in [1.165, 1.54) is 6.20 Å². The fraction of sp³-hybridized carbons (Fsp3) is 0. The summed E-state index contributed by atoms with van der Waals surface area (Å²) < 4.78 is 22.3. The van der Waals surface area contributed by atoms with Crippen LogP contribution in [-0.4, -0.2) is 23.2 Å². The van der Waals surface area contributed by atoms with E-state index in [0.717, 1.165) is 11.0 Å². The summed E-state index contributed by atoms with van der Waals surface area (Å²) in [5, 5.41) is 8.00. The molecule has 0 aliphatic heterocycles. The van der Waals surface area contributed by atoms with Gasteiger partial charge in [0.05, 0.1) is 0 Å². The number of rotatable bonds is 2. The lowest BCUT2D eigenvalue weighted by molar-refractivity contribution is 0.584. The normalized spacial score (nSPS) is 11.4. The van der Waals surface area contributed by atoms with Gasteiger partial charge in [-0.3, -0.25) is 0 Å². The zero-order valence-electron chi connectivity index (χ0n) is 5.51. The van der Waals surface area contributed by atoms with Crippen LogP contribution in [0.25, 0.3) is 6.20 Å². The maximum atomic E-state index is 10.7. The predicted molar refractivity (Wildman–Crippen MR) is 37.8 cm³/mol. The summed E-state index contributed by atoms with van der Waals surface area (Å²) in [5.74, 6) is 0. The molecule has 0 fully saturated rings.